The van der Waals surface area contributed by atoms with Crippen LogP contribution in [0.4, 0.5) is 0 Å². The summed E-state index contributed by atoms with van der Waals surface area (Å²) < 4.78 is 10.4. The zero-order valence-electron chi connectivity index (χ0n) is 12.4. The van der Waals surface area contributed by atoms with Gasteiger partial charge in [-0.2, -0.15) is 0 Å². The monoisotopic (exact) mass is 312 g/mol. The van der Waals surface area contributed by atoms with Crippen molar-refractivity contribution >= 4 is 11.9 Å². The Hall–Kier alpha value is -2.32. The Balaban J connectivity index is 3.27. The van der Waals surface area contributed by atoms with E-state index < -0.39 is 24.0 Å². The molecule has 8 nitrogen and oxygen atoms in total. The van der Waals surface area contributed by atoms with Gasteiger partial charge in [0.15, 0.2) is 0 Å². The highest BCUT2D eigenvalue weighted by Crippen LogP contribution is 2.36. The molecule has 0 radical (unpaired) electrons. The van der Waals surface area contributed by atoms with E-state index in [9.17, 15) is 9.59 Å². The van der Waals surface area contributed by atoms with Gasteiger partial charge < -0.3 is 31.2 Å². The standard InChI is InChI=1S/C14H20N2O6/c1-21-11-3-8(10(16)6-14(19)20)12(22-2)4-7(11)9(15)5-13(17)18/h3-4,9-10H,5-6,15-16H2,1-2H3,(H,17,18)(H,19,20). The number of carboxylic acids is 2. The van der Waals surface area contributed by atoms with E-state index in [0.29, 0.717) is 22.6 Å². The third kappa shape index (κ3) is 4.34. The molecule has 0 spiro atoms. The van der Waals surface area contributed by atoms with E-state index in [-0.39, 0.29) is 12.8 Å². The molecule has 22 heavy (non-hydrogen) atoms. The van der Waals surface area contributed by atoms with Gasteiger partial charge in [-0.3, -0.25) is 9.59 Å². The van der Waals surface area contributed by atoms with Crippen LogP contribution < -0.4 is 20.9 Å². The van der Waals surface area contributed by atoms with Crippen LogP contribution in [0.5, 0.6) is 11.5 Å². The van der Waals surface area contributed by atoms with Crippen molar-refractivity contribution in [2.24, 2.45) is 11.5 Å². The summed E-state index contributed by atoms with van der Waals surface area (Å²) >= 11 is 0. The maximum atomic E-state index is 10.8. The van der Waals surface area contributed by atoms with Crippen molar-refractivity contribution in [1.82, 2.24) is 0 Å². The maximum absolute atomic E-state index is 10.8. The summed E-state index contributed by atoms with van der Waals surface area (Å²) in [5, 5.41) is 17.7. The van der Waals surface area contributed by atoms with Crippen molar-refractivity contribution in [1.29, 1.82) is 0 Å². The van der Waals surface area contributed by atoms with Crippen LogP contribution in [-0.4, -0.2) is 36.4 Å². The third-order valence-corrected chi connectivity index (χ3v) is 3.17. The average molecular weight is 312 g/mol. The van der Waals surface area contributed by atoms with Gasteiger partial charge in [-0.05, 0) is 12.1 Å². The molecule has 0 saturated carbocycles. The van der Waals surface area contributed by atoms with Crippen molar-refractivity contribution in [3.05, 3.63) is 23.3 Å². The van der Waals surface area contributed by atoms with Crippen molar-refractivity contribution < 1.29 is 29.3 Å². The summed E-state index contributed by atoms with van der Waals surface area (Å²) in [7, 11) is 2.82. The van der Waals surface area contributed by atoms with E-state index in [1.807, 2.05) is 0 Å². The second-order valence-corrected chi connectivity index (χ2v) is 4.74. The van der Waals surface area contributed by atoms with E-state index in [1.54, 1.807) is 0 Å². The van der Waals surface area contributed by atoms with Gasteiger partial charge in [0.25, 0.3) is 0 Å². The zero-order valence-corrected chi connectivity index (χ0v) is 12.4. The van der Waals surface area contributed by atoms with E-state index >= 15 is 0 Å². The maximum Gasteiger partial charge on any atom is 0.305 e. The molecular formula is C14H20N2O6. The van der Waals surface area contributed by atoms with E-state index in [2.05, 4.69) is 0 Å². The van der Waals surface area contributed by atoms with Crippen molar-refractivity contribution in [3.8, 4) is 11.5 Å². The molecule has 0 bridgehead atoms. The lowest BCUT2D eigenvalue weighted by Gasteiger charge is -2.20. The summed E-state index contributed by atoms with van der Waals surface area (Å²) in [4.78, 5) is 21.6. The fourth-order valence-corrected chi connectivity index (χ4v) is 2.12. The molecule has 0 amide bonds. The third-order valence-electron chi connectivity index (χ3n) is 3.17. The Morgan fingerprint density at radius 3 is 1.50 bits per heavy atom. The molecule has 0 fully saturated rings. The minimum atomic E-state index is -1.04. The Bertz CT molecular complexity index is 511. The smallest absolute Gasteiger partial charge is 0.305 e. The summed E-state index contributed by atoms with van der Waals surface area (Å²) in [6.07, 6.45) is -0.555. The molecule has 2 unspecified atom stereocenters. The molecule has 0 aliphatic rings. The number of benzene rings is 1. The number of hydrogen-bond acceptors (Lipinski definition) is 6. The first-order valence-corrected chi connectivity index (χ1v) is 6.50. The van der Waals surface area contributed by atoms with Crippen LogP contribution in [0, 0.1) is 0 Å². The van der Waals surface area contributed by atoms with Crippen LogP contribution >= 0.6 is 0 Å². The molecule has 0 aliphatic heterocycles. The van der Waals surface area contributed by atoms with Gasteiger partial charge in [-0.25, -0.2) is 0 Å². The second kappa shape index (κ2) is 7.62. The van der Waals surface area contributed by atoms with Crippen LogP contribution in [0.25, 0.3) is 0 Å². The number of nitrogens with two attached hydrogens (primary N) is 2. The van der Waals surface area contributed by atoms with Gasteiger partial charge in [-0.1, -0.05) is 0 Å². The molecule has 6 N–H and O–H groups in total. The summed E-state index contributed by atoms with van der Waals surface area (Å²) in [5.41, 5.74) is 12.6. The first kappa shape index (κ1) is 17.7. The molecule has 122 valence electrons. The second-order valence-electron chi connectivity index (χ2n) is 4.74. The van der Waals surface area contributed by atoms with Gasteiger partial charge in [0.05, 0.1) is 27.1 Å². The molecule has 8 heteroatoms. The van der Waals surface area contributed by atoms with E-state index in [4.69, 9.17) is 31.2 Å². The predicted octanol–water partition coefficient (Wildman–Crippen LogP) is 0.653. The number of methoxy groups -OCH3 is 2. The SMILES string of the molecule is COc1cc(C(N)CC(=O)O)c(OC)cc1C(N)CC(=O)O. The van der Waals surface area contributed by atoms with Crippen LogP contribution in [0.15, 0.2) is 12.1 Å². The van der Waals surface area contributed by atoms with Crippen LogP contribution in [0.3, 0.4) is 0 Å². The van der Waals surface area contributed by atoms with Gasteiger partial charge in [0, 0.05) is 23.2 Å². The van der Waals surface area contributed by atoms with Gasteiger partial charge in [-0.15, -0.1) is 0 Å². The fraction of sp³-hybridized carbons (Fsp3) is 0.429. The van der Waals surface area contributed by atoms with Crippen molar-refractivity contribution in [2.45, 2.75) is 24.9 Å². The highest BCUT2D eigenvalue weighted by atomic mass is 16.5. The average Bonchev–Trinajstić information content (AvgIpc) is 2.44. The van der Waals surface area contributed by atoms with Crippen molar-refractivity contribution in [2.75, 3.05) is 14.2 Å². The number of carboxylic acid groups (broad SMARTS) is 2. The number of rotatable bonds is 8. The van der Waals surface area contributed by atoms with Gasteiger partial charge >= 0.3 is 11.9 Å². The molecular weight excluding hydrogens is 292 g/mol. The Labute approximate surface area is 127 Å². The Morgan fingerprint density at radius 2 is 1.27 bits per heavy atom. The van der Waals surface area contributed by atoms with Crippen LogP contribution in [0.1, 0.15) is 36.1 Å². The lowest BCUT2D eigenvalue weighted by atomic mass is 9.96. The minimum Gasteiger partial charge on any atom is -0.496 e. The Kier molecular flexibility index (Phi) is 6.14. The molecule has 1 aromatic carbocycles. The molecule has 0 saturated heterocycles. The predicted molar refractivity (Wildman–Crippen MR) is 77.9 cm³/mol. The largest absolute Gasteiger partial charge is 0.496 e. The van der Waals surface area contributed by atoms with Gasteiger partial charge in [0.2, 0.25) is 0 Å². The number of aliphatic carboxylic acids is 2. The molecule has 0 aliphatic carbocycles. The summed E-state index contributed by atoms with van der Waals surface area (Å²) in [6.45, 7) is 0. The van der Waals surface area contributed by atoms with Crippen molar-refractivity contribution in [3.63, 3.8) is 0 Å². The minimum absolute atomic E-state index is 0.278. The first-order valence-electron chi connectivity index (χ1n) is 6.50. The molecule has 0 aromatic heterocycles. The topological polar surface area (TPSA) is 145 Å². The van der Waals surface area contributed by atoms with Gasteiger partial charge in [0.1, 0.15) is 11.5 Å². The summed E-state index contributed by atoms with van der Waals surface area (Å²) in [5.74, 6) is -1.41. The molecule has 2 atom stereocenters. The number of carbonyl (C=O) groups is 2. The van der Waals surface area contributed by atoms with E-state index in [0.717, 1.165) is 0 Å². The summed E-state index contributed by atoms with van der Waals surface area (Å²) in [6, 6.07) is 1.49. The lowest BCUT2D eigenvalue weighted by Crippen LogP contribution is -2.19. The fourth-order valence-electron chi connectivity index (χ4n) is 2.12. The number of hydrogen-bond donors (Lipinski definition) is 4. The first-order chi connectivity index (χ1) is 10.3. The quantitative estimate of drug-likeness (QED) is 0.547. The van der Waals surface area contributed by atoms with E-state index in [1.165, 1.54) is 26.4 Å². The lowest BCUT2D eigenvalue weighted by molar-refractivity contribution is -0.138. The molecule has 1 aromatic rings. The highest BCUT2D eigenvalue weighted by Gasteiger charge is 2.22. The number of ether oxygens (including phenoxy) is 2. The normalized spacial score (nSPS) is 13.3. The molecule has 0 heterocycles. The van der Waals surface area contributed by atoms with Crippen LogP contribution in [0.2, 0.25) is 0 Å². The highest BCUT2D eigenvalue weighted by molar-refractivity contribution is 5.69. The molecule has 1 rings (SSSR count). The zero-order chi connectivity index (χ0) is 16.9. The van der Waals surface area contributed by atoms with Crippen LogP contribution in [-0.2, 0) is 9.59 Å². The Morgan fingerprint density at radius 1 is 0.955 bits per heavy atom.